The van der Waals surface area contributed by atoms with Crippen LogP contribution in [-0.2, 0) is 4.74 Å². The molecule has 2 N–H and O–H groups in total. The van der Waals surface area contributed by atoms with Crippen molar-refractivity contribution in [3.8, 4) is 0 Å². The van der Waals surface area contributed by atoms with Gasteiger partial charge in [-0.2, -0.15) is 5.10 Å². The number of aromatic nitrogens is 2. The number of nitrogens with two attached hydrogens (primary N) is 1. The Hall–Kier alpha value is -1.39. The van der Waals surface area contributed by atoms with Crippen molar-refractivity contribution in [1.29, 1.82) is 0 Å². The first-order valence-electron chi connectivity index (χ1n) is 6.12. The van der Waals surface area contributed by atoms with Crippen LogP contribution in [-0.4, -0.2) is 22.8 Å². The Labute approximate surface area is 100 Å². The first kappa shape index (κ1) is 10.7. The van der Waals surface area contributed by atoms with E-state index in [2.05, 4.69) is 11.2 Å². The zero-order valence-corrected chi connectivity index (χ0v) is 9.75. The lowest BCUT2D eigenvalue weighted by Crippen LogP contribution is -2.27. The predicted octanol–water partition coefficient (Wildman–Crippen LogP) is 1.76. The van der Waals surface area contributed by atoms with Gasteiger partial charge in [0, 0.05) is 31.0 Å². The molecule has 0 amide bonds. The highest BCUT2D eigenvalue weighted by molar-refractivity contribution is 5.54. The molecule has 1 aliphatic heterocycles. The van der Waals surface area contributed by atoms with Gasteiger partial charge < -0.3 is 10.5 Å². The van der Waals surface area contributed by atoms with Crippen LogP contribution in [0.25, 0.3) is 5.52 Å². The van der Waals surface area contributed by atoms with Gasteiger partial charge in [0.25, 0.3) is 0 Å². The van der Waals surface area contributed by atoms with Crippen molar-refractivity contribution in [2.24, 2.45) is 11.7 Å². The van der Waals surface area contributed by atoms with E-state index in [0.717, 1.165) is 37.1 Å². The molecule has 3 heterocycles. The lowest BCUT2D eigenvalue weighted by molar-refractivity contribution is 0.0585. The van der Waals surface area contributed by atoms with E-state index in [1.807, 2.05) is 29.0 Å². The third-order valence-electron chi connectivity index (χ3n) is 3.59. The summed E-state index contributed by atoms with van der Waals surface area (Å²) in [6, 6.07) is 6.14. The highest BCUT2D eigenvalue weighted by Gasteiger charge is 2.24. The van der Waals surface area contributed by atoms with Crippen molar-refractivity contribution in [3.05, 3.63) is 36.2 Å². The molecule has 1 saturated heterocycles. The molecule has 0 saturated carbocycles. The first-order chi connectivity index (χ1) is 8.36. The van der Waals surface area contributed by atoms with Gasteiger partial charge in [-0.1, -0.05) is 6.07 Å². The molecule has 2 aromatic rings. The van der Waals surface area contributed by atoms with Gasteiger partial charge in [0.05, 0.1) is 11.7 Å². The first-order valence-corrected chi connectivity index (χ1v) is 6.12. The summed E-state index contributed by atoms with van der Waals surface area (Å²) in [6.07, 6.45) is 5.95. The highest BCUT2D eigenvalue weighted by atomic mass is 16.5. The average molecular weight is 231 g/mol. The Morgan fingerprint density at radius 1 is 1.35 bits per heavy atom. The molecular weight excluding hydrogens is 214 g/mol. The Bertz CT molecular complexity index is 502. The Morgan fingerprint density at radius 2 is 2.18 bits per heavy atom. The van der Waals surface area contributed by atoms with Crippen LogP contribution in [0.2, 0.25) is 0 Å². The second-order valence-electron chi connectivity index (χ2n) is 4.61. The van der Waals surface area contributed by atoms with Crippen LogP contribution in [0.5, 0.6) is 0 Å². The van der Waals surface area contributed by atoms with E-state index in [-0.39, 0.29) is 6.04 Å². The van der Waals surface area contributed by atoms with Crippen molar-refractivity contribution in [2.75, 3.05) is 13.2 Å². The Balaban J connectivity index is 1.92. The van der Waals surface area contributed by atoms with Crippen molar-refractivity contribution < 1.29 is 4.74 Å². The molecule has 0 radical (unpaired) electrons. The van der Waals surface area contributed by atoms with Crippen molar-refractivity contribution in [3.63, 3.8) is 0 Å². The van der Waals surface area contributed by atoms with Crippen molar-refractivity contribution >= 4 is 5.52 Å². The normalized spacial score (nSPS) is 19.6. The number of rotatable bonds is 2. The van der Waals surface area contributed by atoms with Gasteiger partial charge in [-0.15, -0.1) is 0 Å². The van der Waals surface area contributed by atoms with Gasteiger partial charge in [-0.3, -0.25) is 0 Å². The second-order valence-corrected chi connectivity index (χ2v) is 4.61. The molecule has 1 unspecified atom stereocenters. The smallest absolute Gasteiger partial charge is 0.0709 e. The third kappa shape index (κ3) is 1.94. The summed E-state index contributed by atoms with van der Waals surface area (Å²) in [4.78, 5) is 0. The van der Waals surface area contributed by atoms with E-state index >= 15 is 0 Å². The largest absolute Gasteiger partial charge is 0.381 e. The minimum absolute atomic E-state index is 0.0683. The average Bonchev–Trinajstić information content (AvgIpc) is 2.83. The molecule has 2 aromatic heterocycles. The molecule has 90 valence electrons. The van der Waals surface area contributed by atoms with Crippen LogP contribution in [0.4, 0.5) is 0 Å². The maximum absolute atomic E-state index is 6.37. The monoisotopic (exact) mass is 231 g/mol. The minimum atomic E-state index is 0.0683. The van der Waals surface area contributed by atoms with E-state index < -0.39 is 0 Å². The molecule has 4 nitrogen and oxygen atoms in total. The van der Waals surface area contributed by atoms with Gasteiger partial charge in [-0.05, 0) is 30.9 Å². The summed E-state index contributed by atoms with van der Waals surface area (Å²) in [7, 11) is 0. The van der Waals surface area contributed by atoms with Gasteiger partial charge >= 0.3 is 0 Å². The minimum Gasteiger partial charge on any atom is -0.381 e. The zero-order valence-electron chi connectivity index (χ0n) is 9.75. The summed E-state index contributed by atoms with van der Waals surface area (Å²) in [6.45, 7) is 1.66. The fourth-order valence-corrected chi connectivity index (χ4v) is 2.54. The molecule has 0 bridgehead atoms. The molecule has 4 heteroatoms. The summed E-state index contributed by atoms with van der Waals surface area (Å²) in [5.41, 5.74) is 8.64. The highest BCUT2D eigenvalue weighted by Crippen LogP contribution is 2.30. The van der Waals surface area contributed by atoms with E-state index in [9.17, 15) is 0 Å². The fraction of sp³-hybridized carbons (Fsp3) is 0.462. The third-order valence-corrected chi connectivity index (χ3v) is 3.59. The number of pyridine rings is 1. The molecule has 0 aliphatic carbocycles. The topological polar surface area (TPSA) is 52.5 Å². The summed E-state index contributed by atoms with van der Waals surface area (Å²) in [5, 5.41) is 4.34. The van der Waals surface area contributed by atoms with Gasteiger partial charge in [-0.25, -0.2) is 4.52 Å². The molecule has 1 fully saturated rings. The molecular formula is C13H17N3O. The standard InChI is InChI=1S/C13H17N3O/c14-13(10-4-7-17-8-5-10)11-9-15-16-6-2-1-3-12(11)16/h1-3,6,9-10,13H,4-5,7-8,14H2. The summed E-state index contributed by atoms with van der Waals surface area (Å²) < 4.78 is 7.26. The second kappa shape index (κ2) is 4.47. The van der Waals surface area contributed by atoms with E-state index in [4.69, 9.17) is 10.5 Å². The van der Waals surface area contributed by atoms with Crippen LogP contribution in [0.1, 0.15) is 24.4 Å². The Kier molecular flexibility index (Phi) is 2.82. The van der Waals surface area contributed by atoms with Crippen molar-refractivity contribution in [1.82, 2.24) is 9.61 Å². The van der Waals surface area contributed by atoms with Crippen LogP contribution < -0.4 is 5.73 Å². The quantitative estimate of drug-likeness (QED) is 0.856. The van der Waals surface area contributed by atoms with Gasteiger partial charge in [0.1, 0.15) is 0 Å². The molecule has 0 spiro atoms. The van der Waals surface area contributed by atoms with Crippen LogP contribution in [0, 0.1) is 5.92 Å². The molecule has 0 aromatic carbocycles. The SMILES string of the molecule is NC(c1cnn2ccccc12)C1CCOCC1. The van der Waals surface area contributed by atoms with E-state index in [0.29, 0.717) is 5.92 Å². The van der Waals surface area contributed by atoms with E-state index in [1.54, 1.807) is 0 Å². The maximum Gasteiger partial charge on any atom is 0.0709 e. The fourth-order valence-electron chi connectivity index (χ4n) is 2.54. The maximum atomic E-state index is 6.37. The lowest BCUT2D eigenvalue weighted by Gasteiger charge is -2.27. The van der Waals surface area contributed by atoms with Crippen LogP contribution in [0.3, 0.4) is 0 Å². The number of ether oxygens (including phenoxy) is 1. The lowest BCUT2D eigenvalue weighted by atomic mass is 9.88. The molecule has 3 rings (SSSR count). The number of fused-ring (bicyclic) bond motifs is 1. The van der Waals surface area contributed by atoms with Crippen LogP contribution in [0.15, 0.2) is 30.6 Å². The summed E-state index contributed by atoms with van der Waals surface area (Å²) in [5.74, 6) is 0.511. The Morgan fingerprint density at radius 3 is 3.00 bits per heavy atom. The number of hydrogen-bond acceptors (Lipinski definition) is 3. The predicted molar refractivity (Wildman–Crippen MR) is 65.7 cm³/mol. The van der Waals surface area contributed by atoms with Crippen molar-refractivity contribution in [2.45, 2.75) is 18.9 Å². The molecule has 1 atom stereocenters. The van der Waals surface area contributed by atoms with Crippen LogP contribution >= 0.6 is 0 Å². The molecule has 17 heavy (non-hydrogen) atoms. The van der Waals surface area contributed by atoms with Gasteiger partial charge in [0.2, 0.25) is 0 Å². The number of nitrogens with zero attached hydrogens (tertiary/aromatic N) is 2. The number of hydrogen-bond donors (Lipinski definition) is 1. The van der Waals surface area contributed by atoms with Gasteiger partial charge in [0.15, 0.2) is 0 Å². The van der Waals surface area contributed by atoms with E-state index in [1.165, 1.54) is 0 Å². The molecule has 1 aliphatic rings. The summed E-state index contributed by atoms with van der Waals surface area (Å²) >= 11 is 0. The zero-order chi connectivity index (χ0) is 11.7.